The van der Waals surface area contributed by atoms with E-state index in [1.165, 1.54) is 32.1 Å². The van der Waals surface area contributed by atoms with Crippen molar-refractivity contribution in [3.05, 3.63) is 11.6 Å². The van der Waals surface area contributed by atoms with Gasteiger partial charge in [-0.2, -0.15) is 0 Å². The van der Waals surface area contributed by atoms with Gasteiger partial charge in [0.1, 0.15) is 0 Å². The van der Waals surface area contributed by atoms with Gasteiger partial charge in [-0.15, -0.1) is 0 Å². The predicted molar refractivity (Wildman–Crippen MR) is 57.4 cm³/mol. The van der Waals surface area contributed by atoms with E-state index < -0.39 is 0 Å². The molecular formula is C12H24. The molecule has 72 valence electrons. The van der Waals surface area contributed by atoms with Gasteiger partial charge in [0.2, 0.25) is 0 Å². The third-order valence-electron chi connectivity index (χ3n) is 2.53. The van der Waals surface area contributed by atoms with Crippen LogP contribution in [0.2, 0.25) is 0 Å². The van der Waals surface area contributed by atoms with Crippen molar-refractivity contribution in [1.82, 2.24) is 0 Å². The Morgan fingerprint density at radius 2 is 1.83 bits per heavy atom. The predicted octanol–water partition coefficient (Wildman–Crippen LogP) is 4.56. The Hall–Kier alpha value is -0.260. The smallest absolute Gasteiger partial charge is 0.0206 e. The van der Waals surface area contributed by atoms with Crippen molar-refractivity contribution in [2.24, 2.45) is 5.92 Å². The fourth-order valence-corrected chi connectivity index (χ4v) is 1.86. The van der Waals surface area contributed by atoms with Crippen LogP contribution in [0.15, 0.2) is 11.6 Å². The van der Waals surface area contributed by atoms with E-state index in [1.807, 2.05) is 0 Å². The van der Waals surface area contributed by atoms with E-state index in [0.29, 0.717) is 0 Å². The number of hydrogen-bond acceptors (Lipinski definition) is 0. The molecule has 0 aromatic rings. The first-order valence-corrected chi connectivity index (χ1v) is 5.48. The molecule has 0 amide bonds. The summed E-state index contributed by atoms with van der Waals surface area (Å²) < 4.78 is 0. The zero-order valence-electron chi connectivity index (χ0n) is 9.19. The van der Waals surface area contributed by atoms with Crippen LogP contribution in [0.3, 0.4) is 0 Å². The van der Waals surface area contributed by atoms with Crippen molar-refractivity contribution in [3.8, 4) is 0 Å². The van der Waals surface area contributed by atoms with Crippen LogP contribution in [0.4, 0.5) is 0 Å². The number of rotatable bonds is 6. The molecule has 0 aliphatic rings. The summed E-state index contributed by atoms with van der Waals surface area (Å²) in [6.45, 7) is 9.09. The van der Waals surface area contributed by atoms with Gasteiger partial charge in [0, 0.05) is 0 Å². The van der Waals surface area contributed by atoms with Crippen LogP contribution >= 0.6 is 0 Å². The van der Waals surface area contributed by atoms with Gasteiger partial charge < -0.3 is 0 Å². The van der Waals surface area contributed by atoms with Crippen molar-refractivity contribution in [2.75, 3.05) is 0 Å². The van der Waals surface area contributed by atoms with Crippen LogP contribution in [0.5, 0.6) is 0 Å². The van der Waals surface area contributed by atoms with Gasteiger partial charge in [0.05, 0.1) is 0 Å². The molecular weight excluding hydrogens is 144 g/mol. The molecule has 0 nitrogen and oxygen atoms in total. The fraction of sp³-hybridized carbons (Fsp3) is 0.833. The van der Waals surface area contributed by atoms with Crippen LogP contribution < -0.4 is 0 Å². The SMILES string of the molecule is CCC=C(CC)C(CC)CCC. The van der Waals surface area contributed by atoms with Gasteiger partial charge in [-0.05, 0) is 31.6 Å². The Bertz CT molecular complexity index is 122. The maximum Gasteiger partial charge on any atom is -0.0206 e. The molecule has 0 heteroatoms. The highest BCUT2D eigenvalue weighted by Crippen LogP contribution is 2.23. The minimum absolute atomic E-state index is 0.861. The molecule has 0 spiro atoms. The van der Waals surface area contributed by atoms with E-state index in [1.54, 1.807) is 5.57 Å². The lowest BCUT2D eigenvalue weighted by Crippen LogP contribution is -2.01. The molecule has 0 heterocycles. The molecule has 0 rings (SSSR count). The second kappa shape index (κ2) is 7.39. The van der Waals surface area contributed by atoms with Gasteiger partial charge in [0.25, 0.3) is 0 Å². The minimum Gasteiger partial charge on any atom is -0.0853 e. The summed E-state index contributed by atoms with van der Waals surface area (Å²) in [5.74, 6) is 0.861. The highest BCUT2D eigenvalue weighted by Gasteiger charge is 2.08. The van der Waals surface area contributed by atoms with Crippen LogP contribution in [-0.2, 0) is 0 Å². The molecule has 12 heavy (non-hydrogen) atoms. The van der Waals surface area contributed by atoms with Gasteiger partial charge in [-0.25, -0.2) is 0 Å². The molecule has 0 aromatic carbocycles. The molecule has 0 N–H and O–H groups in total. The fourth-order valence-electron chi connectivity index (χ4n) is 1.86. The normalized spacial score (nSPS) is 14.8. The monoisotopic (exact) mass is 168 g/mol. The lowest BCUT2D eigenvalue weighted by molar-refractivity contribution is 0.519. The molecule has 1 unspecified atom stereocenters. The molecule has 0 radical (unpaired) electrons. The topological polar surface area (TPSA) is 0 Å². The first-order valence-electron chi connectivity index (χ1n) is 5.48. The second-order valence-corrected chi connectivity index (χ2v) is 3.43. The molecule has 0 saturated heterocycles. The zero-order chi connectivity index (χ0) is 9.40. The van der Waals surface area contributed by atoms with Crippen LogP contribution in [0.1, 0.15) is 59.8 Å². The summed E-state index contributed by atoms with van der Waals surface area (Å²) in [5.41, 5.74) is 1.68. The van der Waals surface area contributed by atoms with E-state index in [2.05, 4.69) is 33.8 Å². The van der Waals surface area contributed by atoms with Crippen molar-refractivity contribution >= 4 is 0 Å². The van der Waals surface area contributed by atoms with Crippen molar-refractivity contribution < 1.29 is 0 Å². The van der Waals surface area contributed by atoms with E-state index in [9.17, 15) is 0 Å². The standard InChI is InChI=1S/C12H24/c1-5-9-11(7-3)12(8-4)10-6-2/h9,12H,5-8,10H2,1-4H3. The Balaban J connectivity index is 4.12. The Labute approximate surface area is 78.1 Å². The molecule has 0 bridgehead atoms. The number of allylic oxidation sites excluding steroid dienone is 2. The zero-order valence-corrected chi connectivity index (χ0v) is 9.19. The Morgan fingerprint density at radius 3 is 2.17 bits per heavy atom. The van der Waals surface area contributed by atoms with Crippen molar-refractivity contribution in [3.63, 3.8) is 0 Å². The van der Waals surface area contributed by atoms with E-state index in [4.69, 9.17) is 0 Å². The van der Waals surface area contributed by atoms with Gasteiger partial charge in [0.15, 0.2) is 0 Å². The average Bonchev–Trinajstić information content (AvgIpc) is 2.11. The molecule has 0 saturated carbocycles. The Morgan fingerprint density at radius 1 is 1.17 bits per heavy atom. The van der Waals surface area contributed by atoms with E-state index in [-0.39, 0.29) is 0 Å². The highest BCUT2D eigenvalue weighted by atomic mass is 14.1. The van der Waals surface area contributed by atoms with Crippen LogP contribution in [0, 0.1) is 5.92 Å². The summed E-state index contributed by atoms with van der Waals surface area (Å²) in [6.07, 6.45) is 8.86. The summed E-state index contributed by atoms with van der Waals surface area (Å²) in [4.78, 5) is 0. The van der Waals surface area contributed by atoms with Gasteiger partial charge >= 0.3 is 0 Å². The second-order valence-electron chi connectivity index (χ2n) is 3.43. The highest BCUT2D eigenvalue weighted by molar-refractivity contribution is 5.05. The minimum atomic E-state index is 0.861. The summed E-state index contributed by atoms with van der Waals surface area (Å²) >= 11 is 0. The first-order chi connectivity index (χ1) is 5.79. The third kappa shape index (κ3) is 3.94. The summed E-state index contributed by atoms with van der Waals surface area (Å²) in [5, 5.41) is 0. The van der Waals surface area contributed by atoms with E-state index >= 15 is 0 Å². The molecule has 0 aliphatic heterocycles. The Kier molecular flexibility index (Phi) is 7.23. The maximum atomic E-state index is 2.42. The van der Waals surface area contributed by atoms with Gasteiger partial charge in [-0.1, -0.05) is 45.8 Å². The van der Waals surface area contributed by atoms with Gasteiger partial charge in [-0.3, -0.25) is 0 Å². The van der Waals surface area contributed by atoms with E-state index in [0.717, 1.165) is 5.92 Å². The third-order valence-corrected chi connectivity index (χ3v) is 2.53. The largest absolute Gasteiger partial charge is 0.0853 e. The molecule has 0 aliphatic carbocycles. The van der Waals surface area contributed by atoms with Crippen LogP contribution in [-0.4, -0.2) is 0 Å². The van der Waals surface area contributed by atoms with Crippen molar-refractivity contribution in [2.45, 2.75) is 59.8 Å². The summed E-state index contributed by atoms with van der Waals surface area (Å²) in [7, 11) is 0. The van der Waals surface area contributed by atoms with Crippen molar-refractivity contribution in [1.29, 1.82) is 0 Å². The molecule has 1 atom stereocenters. The average molecular weight is 168 g/mol. The maximum absolute atomic E-state index is 2.42. The molecule has 0 aromatic heterocycles. The number of hydrogen-bond donors (Lipinski definition) is 0. The molecule has 0 fully saturated rings. The lowest BCUT2D eigenvalue weighted by atomic mass is 9.89. The quantitative estimate of drug-likeness (QED) is 0.510. The van der Waals surface area contributed by atoms with Crippen LogP contribution in [0.25, 0.3) is 0 Å². The first kappa shape index (κ1) is 11.7. The lowest BCUT2D eigenvalue weighted by Gasteiger charge is -2.16. The summed E-state index contributed by atoms with van der Waals surface area (Å²) in [6, 6.07) is 0.